The molecule has 0 fully saturated rings. The summed E-state index contributed by atoms with van der Waals surface area (Å²) in [6.45, 7) is 5.58. The molecule has 6 heteroatoms. The van der Waals surface area contributed by atoms with Gasteiger partial charge >= 0.3 is 12.1 Å². The molecule has 0 radical (unpaired) electrons. The normalized spacial score (nSPS) is 12.7. The van der Waals surface area contributed by atoms with Crippen LogP contribution in [0.4, 0.5) is 4.79 Å². The third-order valence-electron chi connectivity index (χ3n) is 4.01. The SMILES string of the molecule is CCCc1ccc(C(=O)OC(C)CC(C)OC(=O)Oc2ccc(Cl)cc2)cc1. The van der Waals surface area contributed by atoms with E-state index in [1.54, 1.807) is 50.2 Å². The van der Waals surface area contributed by atoms with Gasteiger partial charge in [0.05, 0.1) is 5.56 Å². The van der Waals surface area contributed by atoms with E-state index in [0.29, 0.717) is 22.8 Å². The lowest BCUT2D eigenvalue weighted by atomic mass is 10.1. The van der Waals surface area contributed by atoms with E-state index in [2.05, 4.69) is 6.92 Å². The summed E-state index contributed by atoms with van der Waals surface area (Å²) in [6.07, 6.45) is 0.678. The number of benzene rings is 2. The van der Waals surface area contributed by atoms with E-state index in [4.69, 9.17) is 25.8 Å². The highest BCUT2D eigenvalue weighted by Crippen LogP contribution is 2.17. The van der Waals surface area contributed by atoms with Crippen LogP contribution in [0.15, 0.2) is 48.5 Å². The highest BCUT2D eigenvalue weighted by Gasteiger charge is 2.18. The first-order valence-corrected chi connectivity index (χ1v) is 9.69. The quantitative estimate of drug-likeness (QED) is 0.409. The standard InChI is InChI=1S/C22H25ClO5/c1-4-5-17-6-8-18(9-7-17)21(24)26-15(2)14-16(3)27-22(25)28-20-12-10-19(23)11-13-20/h6-13,15-16H,4-5,14H2,1-3H3. The zero-order valence-electron chi connectivity index (χ0n) is 16.3. The Hall–Kier alpha value is -2.53. The molecular weight excluding hydrogens is 380 g/mol. The van der Waals surface area contributed by atoms with Gasteiger partial charge in [-0.25, -0.2) is 9.59 Å². The lowest BCUT2D eigenvalue weighted by molar-refractivity contribution is 0.0124. The van der Waals surface area contributed by atoms with Crippen LogP contribution >= 0.6 is 11.6 Å². The molecule has 0 aliphatic heterocycles. The third-order valence-corrected chi connectivity index (χ3v) is 4.26. The minimum atomic E-state index is -0.820. The molecule has 2 unspecified atom stereocenters. The van der Waals surface area contributed by atoms with Crippen molar-refractivity contribution in [2.45, 2.75) is 52.2 Å². The van der Waals surface area contributed by atoms with E-state index < -0.39 is 24.3 Å². The molecule has 0 saturated heterocycles. The molecule has 2 atom stereocenters. The number of aryl methyl sites for hydroxylation is 1. The molecule has 0 amide bonds. The molecule has 150 valence electrons. The Morgan fingerprint density at radius 1 is 0.929 bits per heavy atom. The van der Waals surface area contributed by atoms with Gasteiger partial charge in [-0.15, -0.1) is 0 Å². The van der Waals surface area contributed by atoms with E-state index >= 15 is 0 Å². The Balaban J connectivity index is 1.77. The van der Waals surface area contributed by atoms with Gasteiger partial charge in [-0.1, -0.05) is 37.1 Å². The maximum absolute atomic E-state index is 12.2. The Morgan fingerprint density at radius 2 is 1.54 bits per heavy atom. The second kappa shape index (κ2) is 10.7. The van der Waals surface area contributed by atoms with Crippen LogP contribution in [-0.2, 0) is 15.9 Å². The van der Waals surface area contributed by atoms with Crippen LogP contribution in [0.25, 0.3) is 0 Å². The topological polar surface area (TPSA) is 61.8 Å². The maximum atomic E-state index is 12.2. The van der Waals surface area contributed by atoms with Gasteiger partial charge in [0, 0.05) is 11.4 Å². The predicted molar refractivity (Wildman–Crippen MR) is 108 cm³/mol. The molecule has 0 aromatic heterocycles. The first-order chi connectivity index (χ1) is 13.4. The van der Waals surface area contributed by atoms with Crippen molar-refractivity contribution in [3.63, 3.8) is 0 Å². The maximum Gasteiger partial charge on any atom is 0.514 e. The van der Waals surface area contributed by atoms with Crippen molar-refractivity contribution in [1.29, 1.82) is 0 Å². The molecule has 2 rings (SSSR count). The number of hydrogen-bond acceptors (Lipinski definition) is 5. The number of hydrogen-bond donors (Lipinski definition) is 0. The van der Waals surface area contributed by atoms with Crippen molar-refractivity contribution >= 4 is 23.7 Å². The number of halogens is 1. The number of ether oxygens (including phenoxy) is 3. The van der Waals surface area contributed by atoms with Crippen LogP contribution in [0, 0.1) is 0 Å². The van der Waals surface area contributed by atoms with E-state index in [9.17, 15) is 9.59 Å². The lowest BCUT2D eigenvalue weighted by Crippen LogP contribution is -2.25. The van der Waals surface area contributed by atoms with Gasteiger partial charge in [0.1, 0.15) is 18.0 Å². The van der Waals surface area contributed by atoms with Gasteiger partial charge < -0.3 is 14.2 Å². The molecule has 0 saturated carbocycles. The zero-order valence-corrected chi connectivity index (χ0v) is 17.1. The summed E-state index contributed by atoms with van der Waals surface area (Å²) in [5.41, 5.74) is 1.69. The summed E-state index contributed by atoms with van der Waals surface area (Å²) in [5, 5.41) is 0.546. The molecule has 0 aliphatic rings. The zero-order chi connectivity index (χ0) is 20.5. The van der Waals surface area contributed by atoms with E-state index in [-0.39, 0.29) is 0 Å². The lowest BCUT2D eigenvalue weighted by Gasteiger charge is -2.18. The van der Waals surface area contributed by atoms with Crippen LogP contribution in [-0.4, -0.2) is 24.3 Å². The second-order valence-electron chi connectivity index (χ2n) is 6.63. The fraction of sp³-hybridized carbons (Fsp3) is 0.364. The molecular formula is C22H25ClO5. The van der Waals surface area contributed by atoms with E-state index in [1.807, 2.05) is 12.1 Å². The van der Waals surface area contributed by atoms with Crippen LogP contribution in [0.3, 0.4) is 0 Å². The first-order valence-electron chi connectivity index (χ1n) is 9.31. The summed E-state index contributed by atoms with van der Waals surface area (Å²) in [7, 11) is 0. The molecule has 0 spiro atoms. The number of esters is 1. The van der Waals surface area contributed by atoms with Gasteiger partial charge in [0.2, 0.25) is 0 Å². The van der Waals surface area contributed by atoms with E-state index in [1.165, 1.54) is 5.56 Å². The summed E-state index contributed by atoms with van der Waals surface area (Å²) in [4.78, 5) is 24.1. The highest BCUT2D eigenvalue weighted by atomic mass is 35.5. The fourth-order valence-corrected chi connectivity index (χ4v) is 2.82. The average molecular weight is 405 g/mol. The summed E-state index contributed by atoms with van der Waals surface area (Å²) in [5.74, 6) is -0.0564. The van der Waals surface area contributed by atoms with Crippen LogP contribution < -0.4 is 4.74 Å². The van der Waals surface area contributed by atoms with Crippen molar-refractivity contribution in [1.82, 2.24) is 0 Å². The largest absolute Gasteiger partial charge is 0.514 e. The Kier molecular flexibility index (Phi) is 8.33. The van der Waals surface area contributed by atoms with Gasteiger partial charge in [0.25, 0.3) is 0 Å². The van der Waals surface area contributed by atoms with Gasteiger partial charge in [-0.3, -0.25) is 0 Å². The Morgan fingerprint density at radius 3 is 2.14 bits per heavy atom. The molecule has 0 heterocycles. The summed E-state index contributed by atoms with van der Waals surface area (Å²) >= 11 is 5.78. The van der Waals surface area contributed by atoms with Gasteiger partial charge in [0.15, 0.2) is 0 Å². The van der Waals surface area contributed by atoms with Crippen molar-refractivity contribution in [3.05, 3.63) is 64.7 Å². The molecule has 5 nitrogen and oxygen atoms in total. The van der Waals surface area contributed by atoms with E-state index in [0.717, 1.165) is 12.8 Å². The third kappa shape index (κ3) is 7.24. The minimum absolute atomic E-state index is 0.340. The number of rotatable bonds is 8. The minimum Gasteiger partial charge on any atom is -0.459 e. The Bertz CT molecular complexity index is 771. The number of carbonyl (C=O) groups excluding carboxylic acids is 2. The van der Waals surface area contributed by atoms with Gasteiger partial charge in [-0.05, 0) is 62.2 Å². The predicted octanol–water partition coefficient (Wildman–Crippen LogP) is 5.83. The first kappa shape index (κ1) is 21.8. The van der Waals surface area contributed by atoms with Crippen LogP contribution in [0.1, 0.15) is 49.5 Å². The smallest absolute Gasteiger partial charge is 0.459 e. The molecule has 0 aliphatic carbocycles. The molecule has 28 heavy (non-hydrogen) atoms. The summed E-state index contributed by atoms with van der Waals surface area (Å²) < 4.78 is 15.7. The van der Waals surface area contributed by atoms with Crippen LogP contribution in [0.2, 0.25) is 5.02 Å². The average Bonchev–Trinajstić information content (AvgIpc) is 2.64. The van der Waals surface area contributed by atoms with Crippen molar-refractivity contribution in [2.24, 2.45) is 0 Å². The fourth-order valence-electron chi connectivity index (χ4n) is 2.70. The molecule has 0 N–H and O–H groups in total. The Labute approximate surface area is 170 Å². The van der Waals surface area contributed by atoms with Crippen LogP contribution in [0.5, 0.6) is 5.75 Å². The van der Waals surface area contributed by atoms with Crippen molar-refractivity contribution in [3.8, 4) is 5.75 Å². The molecule has 0 bridgehead atoms. The monoisotopic (exact) mass is 404 g/mol. The second-order valence-corrected chi connectivity index (χ2v) is 7.07. The van der Waals surface area contributed by atoms with Gasteiger partial charge in [-0.2, -0.15) is 0 Å². The van der Waals surface area contributed by atoms with Crippen molar-refractivity contribution in [2.75, 3.05) is 0 Å². The molecule has 2 aromatic rings. The summed E-state index contributed by atoms with van der Waals surface area (Å²) in [6, 6.07) is 13.8. The number of carbonyl (C=O) groups is 2. The molecule has 2 aromatic carbocycles. The highest BCUT2D eigenvalue weighted by molar-refractivity contribution is 6.30. The van der Waals surface area contributed by atoms with Crippen molar-refractivity contribution < 1.29 is 23.8 Å².